The molecule has 0 saturated carbocycles. The highest BCUT2D eigenvalue weighted by Crippen LogP contribution is 2.41. The Morgan fingerprint density at radius 2 is 1.40 bits per heavy atom. The first-order valence-electron chi connectivity index (χ1n) is 5.10. The average molecular weight is 298 g/mol. The van der Waals surface area contributed by atoms with Gasteiger partial charge in [0.1, 0.15) is 5.56 Å². The fraction of sp³-hybridized carbons (Fsp3) is 0.182. The topological polar surface area (TPSA) is 17.8 Å². The minimum absolute atomic E-state index is 0.0222. The van der Waals surface area contributed by atoms with Gasteiger partial charge in [-0.3, -0.25) is 0 Å². The molecule has 0 aliphatic rings. The van der Waals surface area contributed by atoms with Gasteiger partial charge in [-0.05, 0) is 12.1 Å². The van der Waals surface area contributed by atoms with E-state index in [4.69, 9.17) is 0 Å². The number of aromatic nitrogens is 2. The summed E-state index contributed by atoms with van der Waals surface area (Å²) < 4.78 is 89.0. The predicted molar refractivity (Wildman–Crippen MR) is 53.5 cm³/mol. The number of halogens is 7. The summed E-state index contributed by atoms with van der Waals surface area (Å²) in [5.74, 6) is -2.10. The minimum Gasteiger partial charge on any atom is -0.206 e. The highest BCUT2D eigenvalue weighted by molar-refractivity contribution is 5.35. The van der Waals surface area contributed by atoms with Crippen molar-refractivity contribution < 1.29 is 30.7 Å². The van der Waals surface area contributed by atoms with E-state index in [1.54, 1.807) is 0 Å². The van der Waals surface area contributed by atoms with Crippen molar-refractivity contribution in [1.82, 2.24) is 9.78 Å². The Labute approximate surface area is 107 Å². The summed E-state index contributed by atoms with van der Waals surface area (Å²) in [4.78, 5) is 0. The van der Waals surface area contributed by atoms with Crippen molar-refractivity contribution in [3.05, 3.63) is 47.5 Å². The van der Waals surface area contributed by atoms with Gasteiger partial charge in [-0.2, -0.15) is 35.8 Å². The molecular formula is C11H5F7N2. The molecule has 108 valence electrons. The molecular weight excluding hydrogens is 293 g/mol. The average Bonchev–Trinajstić information content (AvgIpc) is 2.67. The van der Waals surface area contributed by atoms with Gasteiger partial charge in [-0.1, -0.05) is 18.2 Å². The number of nitrogens with zero attached hydrogens (tertiary/aromatic N) is 2. The number of para-hydroxylation sites is 1. The molecule has 0 atom stereocenters. The van der Waals surface area contributed by atoms with Gasteiger partial charge in [0.2, 0.25) is 5.95 Å². The maximum atomic E-state index is 13.7. The van der Waals surface area contributed by atoms with Crippen LogP contribution >= 0.6 is 0 Å². The zero-order valence-corrected chi connectivity index (χ0v) is 9.43. The maximum Gasteiger partial charge on any atom is 0.435 e. The predicted octanol–water partition coefficient (Wildman–Crippen LogP) is 4.05. The molecule has 0 aliphatic heterocycles. The van der Waals surface area contributed by atoms with Gasteiger partial charge in [0, 0.05) is 0 Å². The fourth-order valence-corrected chi connectivity index (χ4v) is 1.59. The lowest BCUT2D eigenvalue weighted by Gasteiger charge is -2.08. The molecule has 0 saturated heterocycles. The molecule has 0 unspecified atom stereocenters. The summed E-state index contributed by atoms with van der Waals surface area (Å²) in [6.45, 7) is 0. The van der Waals surface area contributed by atoms with Crippen molar-refractivity contribution in [2.75, 3.05) is 0 Å². The first kappa shape index (κ1) is 14.4. The van der Waals surface area contributed by atoms with Crippen LogP contribution in [0.4, 0.5) is 30.7 Å². The lowest BCUT2D eigenvalue weighted by atomic mass is 10.2. The molecule has 0 bridgehead atoms. The second-order valence-corrected chi connectivity index (χ2v) is 3.76. The van der Waals surface area contributed by atoms with Gasteiger partial charge in [-0.15, -0.1) is 0 Å². The molecule has 9 heteroatoms. The van der Waals surface area contributed by atoms with E-state index in [1.807, 2.05) is 0 Å². The van der Waals surface area contributed by atoms with Crippen molar-refractivity contribution >= 4 is 0 Å². The summed E-state index contributed by atoms with van der Waals surface area (Å²) in [6, 6.07) is 6.40. The van der Waals surface area contributed by atoms with Crippen molar-refractivity contribution in [2.24, 2.45) is 0 Å². The smallest absolute Gasteiger partial charge is 0.206 e. The molecule has 0 fully saturated rings. The quantitative estimate of drug-likeness (QED) is 0.726. The summed E-state index contributed by atoms with van der Waals surface area (Å²) in [6.07, 6.45) is -10.9. The van der Waals surface area contributed by atoms with Crippen LogP contribution in [0.2, 0.25) is 0 Å². The molecule has 2 rings (SSSR count). The normalized spacial score (nSPS) is 12.8. The highest BCUT2D eigenvalue weighted by atomic mass is 19.4. The summed E-state index contributed by atoms with van der Waals surface area (Å²) in [5.41, 5.74) is -4.97. The van der Waals surface area contributed by atoms with Crippen LogP contribution in [0.1, 0.15) is 11.3 Å². The van der Waals surface area contributed by atoms with E-state index in [0.717, 1.165) is 12.1 Å². The Balaban J connectivity index is 2.72. The molecule has 0 spiro atoms. The van der Waals surface area contributed by atoms with Gasteiger partial charge in [-0.25, -0.2) is 4.68 Å². The monoisotopic (exact) mass is 298 g/mol. The molecule has 1 heterocycles. The second kappa shape index (κ2) is 4.50. The Bertz CT molecular complexity index is 610. The number of rotatable bonds is 1. The molecule has 0 aliphatic carbocycles. The third kappa shape index (κ3) is 2.47. The largest absolute Gasteiger partial charge is 0.435 e. The van der Waals surface area contributed by atoms with E-state index < -0.39 is 29.6 Å². The Morgan fingerprint density at radius 1 is 0.850 bits per heavy atom. The van der Waals surface area contributed by atoms with Crippen molar-refractivity contribution in [2.45, 2.75) is 12.4 Å². The van der Waals surface area contributed by atoms with E-state index in [1.165, 1.54) is 18.2 Å². The third-order valence-electron chi connectivity index (χ3n) is 2.38. The van der Waals surface area contributed by atoms with Gasteiger partial charge in [0.05, 0.1) is 5.69 Å². The molecule has 1 aromatic heterocycles. The van der Waals surface area contributed by atoms with E-state index in [0.29, 0.717) is 0 Å². The van der Waals surface area contributed by atoms with Crippen molar-refractivity contribution in [1.29, 1.82) is 0 Å². The molecule has 2 nitrogen and oxygen atoms in total. The van der Waals surface area contributed by atoms with Crippen LogP contribution < -0.4 is 0 Å². The number of alkyl halides is 6. The number of hydrogen-bond donors (Lipinski definition) is 0. The zero-order chi connectivity index (χ0) is 15.1. The first-order valence-corrected chi connectivity index (χ1v) is 5.10. The molecule has 1 aromatic carbocycles. The maximum absolute atomic E-state index is 13.7. The fourth-order valence-electron chi connectivity index (χ4n) is 1.59. The van der Waals surface area contributed by atoms with Crippen LogP contribution in [-0.2, 0) is 12.4 Å². The van der Waals surface area contributed by atoms with Gasteiger partial charge >= 0.3 is 12.4 Å². The zero-order valence-electron chi connectivity index (χ0n) is 9.43. The Hall–Kier alpha value is -2.06. The minimum atomic E-state index is -5.50. The van der Waals surface area contributed by atoms with Crippen LogP contribution in [0.3, 0.4) is 0 Å². The van der Waals surface area contributed by atoms with Gasteiger partial charge < -0.3 is 0 Å². The van der Waals surface area contributed by atoms with Crippen LogP contribution in [0.5, 0.6) is 0 Å². The van der Waals surface area contributed by atoms with Crippen LogP contribution in [0, 0.1) is 5.95 Å². The molecule has 0 radical (unpaired) electrons. The standard InChI is InChI=1S/C11H5F7N2/c12-9-7(10(13,14)15)8(11(16,17)18)19-20(9)6-4-2-1-3-5-6/h1-5H. The van der Waals surface area contributed by atoms with Crippen molar-refractivity contribution in [3.63, 3.8) is 0 Å². The van der Waals surface area contributed by atoms with Gasteiger partial charge in [0.25, 0.3) is 0 Å². The highest BCUT2D eigenvalue weighted by Gasteiger charge is 2.49. The van der Waals surface area contributed by atoms with Crippen LogP contribution in [0.15, 0.2) is 30.3 Å². The SMILES string of the molecule is Fc1c(C(F)(F)F)c(C(F)(F)F)nn1-c1ccccc1. The summed E-state index contributed by atoms with van der Waals surface area (Å²) >= 11 is 0. The van der Waals surface area contributed by atoms with Crippen LogP contribution in [0.25, 0.3) is 5.69 Å². The lowest BCUT2D eigenvalue weighted by molar-refractivity contribution is -0.165. The van der Waals surface area contributed by atoms with E-state index in [2.05, 4.69) is 5.10 Å². The molecule has 0 amide bonds. The third-order valence-corrected chi connectivity index (χ3v) is 2.38. The Kier molecular flexibility index (Phi) is 3.23. The Morgan fingerprint density at radius 3 is 1.80 bits per heavy atom. The van der Waals surface area contributed by atoms with Crippen LogP contribution in [-0.4, -0.2) is 9.78 Å². The summed E-state index contributed by atoms with van der Waals surface area (Å²) in [7, 11) is 0. The van der Waals surface area contributed by atoms with E-state index in [9.17, 15) is 30.7 Å². The number of hydrogen-bond acceptors (Lipinski definition) is 1. The molecule has 2 aromatic rings. The summed E-state index contributed by atoms with van der Waals surface area (Å²) in [5, 5.41) is 2.71. The van der Waals surface area contributed by atoms with E-state index >= 15 is 0 Å². The molecule has 20 heavy (non-hydrogen) atoms. The van der Waals surface area contributed by atoms with Crippen molar-refractivity contribution in [3.8, 4) is 5.69 Å². The molecule has 0 N–H and O–H groups in total. The first-order chi connectivity index (χ1) is 9.12. The second-order valence-electron chi connectivity index (χ2n) is 3.76. The lowest BCUT2D eigenvalue weighted by Crippen LogP contribution is -2.16. The number of benzene rings is 1. The van der Waals surface area contributed by atoms with E-state index in [-0.39, 0.29) is 10.4 Å². The van der Waals surface area contributed by atoms with Gasteiger partial charge in [0.15, 0.2) is 5.69 Å².